The van der Waals surface area contributed by atoms with Crippen molar-refractivity contribution in [3.05, 3.63) is 70.2 Å². The summed E-state index contributed by atoms with van der Waals surface area (Å²) in [7, 11) is 0. The van der Waals surface area contributed by atoms with Crippen LogP contribution in [-0.2, 0) is 10.5 Å². The number of hydrogen-bond donors (Lipinski definition) is 1. The maximum Gasteiger partial charge on any atom is 0.267 e. The largest absolute Gasteiger partial charge is 0.319 e. The fourth-order valence-corrected chi connectivity index (χ4v) is 2.82. The standard InChI is InChI=1S/C16H13BrN2O/c1-11-15(20)19-16(18-11,12-6-3-2-4-7-12)13-8-5-9-14(17)10-13/h2-10H,1H3,(H,19,20)/t16-/m1/s1. The second-order valence-corrected chi connectivity index (χ2v) is 5.65. The van der Waals surface area contributed by atoms with Gasteiger partial charge in [0.1, 0.15) is 5.71 Å². The quantitative estimate of drug-likeness (QED) is 0.903. The molecule has 1 N–H and O–H groups in total. The molecule has 2 aromatic rings. The molecule has 0 unspecified atom stereocenters. The number of hydrogen-bond acceptors (Lipinski definition) is 2. The van der Waals surface area contributed by atoms with Gasteiger partial charge in [0, 0.05) is 15.6 Å². The van der Waals surface area contributed by atoms with Gasteiger partial charge in [0.2, 0.25) is 0 Å². The molecule has 100 valence electrons. The molecule has 20 heavy (non-hydrogen) atoms. The summed E-state index contributed by atoms with van der Waals surface area (Å²) in [5.74, 6) is -0.131. The zero-order valence-corrected chi connectivity index (χ0v) is 12.5. The van der Waals surface area contributed by atoms with Gasteiger partial charge in [0.15, 0.2) is 5.66 Å². The number of halogens is 1. The van der Waals surface area contributed by atoms with Crippen molar-refractivity contribution in [2.24, 2.45) is 4.99 Å². The minimum atomic E-state index is -0.827. The summed E-state index contributed by atoms with van der Waals surface area (Å²) >= 11 is 3.48. The van der Waals surface area contributed by atoms with Gasteiger partial charge in [-0.15, -0.1) is 0 Å². The van der Waals surface area contributed by atoms with Crippen LogP contribution in [-0.4, -0.2) is 11.6 Å². The Morgan fingerprint density at radius 3 is 2.35 bits per heavy atom. The first-order valence-electron chi connectivity index (χ1n) is 6.32. The molecule has 1 amide bonds. The number of rotatable bonds is 2. The number of carbonyl (C=O) groups is 1. The Bertz CT molecular complexity index is 697. The van der Waals surface area contributed by atoms with Gasteiger partial charge in [-0.2, -0.15) is 0 Å². The van der Waals surface area contributed by atoms with Crippen LogP contribution in [0.5, 0.6) is 0 Å². The van der Waals surface area contributed by atoms with Crippen LogP contribution >= 0.6 is 15.9 Å². The van der Waals surface area contributed by atoms with Crippen molar-refractivity contribution in [1.29, 1.82) is 0 Å². The molecule has 0 fully saturated rings. The van der Waals surface area contributed by atoms with Crippen molar-refractivity contribution in [3.63, 3.8) is 0 Å². The predicted octanol–water partition coefficient (Wildman–Crippen LogP) is 3.24. The second kappa shape index (κ2) is 4.87. The minimum Gasteiger partial charge on any atom is -0.319 e. The molecule has 0 radical (unpaired) electrons. The molecule has 2 aromatic carbocycles. The van der Waals surface area contributed by atoms with Crippen LogP contribution in [0.25, 0.3) is 0 Å². The van der Waals surface area contributed by atoms with Crippen molar-refractivity contribution in [3.8, 4) is 0 Å². The normalized spacial score (nSPS) is 21.5. The van der Waals surface area contributed by atoms with Gasteiger partial charge in [0.25, 0.3) is 5.91 Å². The third-order valence-electron chi connectivity index (χ3n) is 3.39. The summed E-state index contributed by atoms with van der Waals surface area (Å²) in [4.78, 5) is 16.6. The lowest BCUT2D eigenvalue weighted by atomic mass is 9.92. The Balaban J connectivity index is 2.23. The van der Waals surface area contributed by atoms with Crippen molar-refractivity contribution >= 4 is 27.5 Å². The molecule has 0 aromatic heterocycles. The highest BCUT2D eigenvalue weighted by Crippen LogP contribution is 2.35. The van der Waals surface area contributed by atoms with Gasteiger partial charge in [0.05, 0.1) is 0 Å². The molecule has 0 aliphatic carbocycles. The van der Waals surface area contributed by atoms with Gasteiger partial charge >= 0.3 is 0 Å². The number of carbonyl (C=O) groups excluding carboxylic acids is 1. The van der Waals surface area contributed by atoms with E-state index >= 15 is 0 Å². The van der Waals surface area contributed by atoms with Crippen molar-refractivity contribution in [1.82, 2.24) is 5.32 Å². The summed E-state index contributed by atoms with van der Waals surface area (Å²) in [6, 6.07) is 17.7. The number of nitrogens with zero attached hydrogens (tertiary/aromatic N) is 1. The first-order valence-corrected chi connectivity index (χ1v) is 7.12. The zero-order valence-electron chi connectivity index (χ0n) is 10.9. The van der Waals surface area contributed by atoms with Crippen LogP contribution in [0.4, 0.5) is 0 Å². The van der Waals surface area contributed by atoms with Crippen LogP contribution in [0.3, 0.4) is 0 Å². The van der Waals surface area contributed by atoms with Gasteiger partial charge in [-0.25, -0.2) is 4.99 Å². The van der Waals surface area contributed by atoms with Crippen LogP contribution < -0.4 is 5.32 Å². The molecule has 0 bridgehead atoms. The number of aliphatic imine (C=N–C) groups is 1. The lowest BCUT2D eigenvalue weighted by Crippen LogP contribution is -2.40. The van der Waals surface area contributed by atoms with E-state index in [1.54, 1.807) is 6.92 Å². The monoisotopic (exact) mass is 328 g/mol. The number of benzene rings is 2. The summed E-state index contributed by atoms with van der Waals surface area (Å²) < 4.78 is 0.958. The van der Waals surface area contributed by atoms with Crippen molar-refractivity contribution in [2.75, 3.05) is 0 Å². The zero-order chi connectivity index (χ0) is 14.2. The summed E-state index contributed by atoms with van der Waals surface area (Å²) in [5.41, 5.74) is 1.55. The average Bonchev–Trinajstić information content (AvgIpc) is 2.77. The molecule has 4 heteroatoms. The molecule has 1 aliphatic rings. The molecular weight excluding hydrogens is 316 g/mol. The van der Waals surface area contributed by atoms with Gasteiger partial charge in [-0.3, -0.25) is 4.79 Å². The van der Waals surface area contributed by atoms with E-state index in [4.69, 9.17) is 0 Å². The highest BCUT2D eigenvalue weighted by Gasteiger charge is 2.41. The number of amides is 1. The van der Waals surface area contributed by atoms with E-state index in [0.717, 1.165) is 15.6 Å². The third-order valence-corrected chi connectivity index (χ3v) is 3.89. The van der Waals surface area contributed by atoms with E-state index in [0.29, 0.717) is 5.71 Å². The smallest absolute Gasteiger partial charge is 0.267 e. The topological polar surface area (TPSA) is 41.5 Å². The van der Waals surface area contributed by atoms with E-state index in [9.17, 15) is 4.79 Å². The molecule has 1 heterocycles. The molecule has 0 saturated carbocycles. The maximum absolute atomic E-state index is 12.0. The molecule has 3 rings (SSSR count). The predicted molar refractivity (Wildman–Crippen MR) is 82.6 cm³/mol. The minimum absolute atomic E-state index is 0.131. The van der Waals surface area contributed by atoms with E-state index in [-0.39, 0.29) is 5.91 Å². The molecule has 3 nitrogen and oxygen atoms in total. The summed E-state index contributed by atoms with van der Waals surface area (Å²) in [6.45, 7) is 1.73. The first-order chi connectivity index (χ1) is 9.62. The van der Waals surface area contributed by atoms with Crippen LogP contribution in [0.1, 0.15) is 18.1 Å². The third kappa shape index (κ3) is 2.06. The first kappa shape index (κ1) is 13.1. The summed E-state index contributed by atoms with van der Waals surface area (Å²) in [5, 5.41) is 3.01. The van der Waals surface area contributed by atoms with Gasteiger partial charge in [-0.05, 0) is 19.1 Å². The van der Waals surface area contributed by atoms with Crippen molar-refractivity contribution < 1.29 is 4.79 Å². The Morgan fingerprint density at radius 1 is 1.05 bits per heavy atom. The maximum atomic E-state index is 12.0. The Labute approximate surface area is 125 Å². The fraction of sp³-hybridized carbons (Fsp3) is 0.125. The van der Waals surface area contributed by atoms with Crippen LogP contribution in [0.2, 0.25) is 0 Å². The van der Waals surface area contributed by atoms with E-state index in [1.807, 2.05) is 54.6 Å². The number of nitrogens with one attached hydrogen (secondary N) is 1. The Kier molecular flexibility index (Phi) is 3.18. The Morgan fingerprint density at radius 2 is 1.75 bits per heavy atom. The Hall–Kier alpha value is -1.94. The average molecular weight is 329 g/mol. The van der Waals surface area contributed by atoms with E-state index < -0.39 is 5.66 Å². The SMILES string of the molecule is CC1=N[C@@](c2ccccc2)(c2cccc(Br)c2)NC1=O. The molecule has 0 saturated heterocycles. The second-order valence-electron chi connectivity index (χ2n) is 4.74. The highest BCUT2D eigenvalue weighted by molar-refractivity contribution is 9.10. The van der Waals surface area contributed by atoms with E-state index in [1.165, 1.54) is 0 Å². The van der Waals surface area contributed by atoms with E-state index in [2.05, 4.69) is 26.2 Å². The van der Waals surface area contributed by atoms with Crippen LogP contribution in [0, 0.1) is 0 Å². The molecule has 0 spiro atoms. The molecule has 1 atom stereocenters. The van der Waals surface area contributed by atoms with Gasteiger partial charge in [-0.1, -0.05) is 58.4 Å². The van der Waals surface area contributed by atoms with Crippen molar-refractivity contribution in [2.45, 2.75) is 12.6 Å². The lowest BCUT2D eigenvalue weighted by molar-refractivity contribution is -0.115. The lowest BCUT2D eigenvalue weighted by Gasteiger charge is -2.27. The summed E-state index contributed by atoms with van der Waals surface area (Å²) in [6.07, 6.45) is 0. The fourth-order valence-electron chi connectivity index (χ4n) is 2.42. The highest BCUT2D eigenvalue weighted by atomic mass is 79.9. The van der Waals surface area contributed by atoms with Crippen LogP contribution in [0.15, 0.2) is 64.1 Å². The van der Waals surface area contributed by atoms with Gasteiger partial charge < -0.3 is 5.32 Å². The molecular formula is C16H13BrN2O. The molecule has 1 aliphatic heterocycles.